The monoisotopic (exact) mass is 375 g/mol. The van der Waals surface area contributed by atoms with E-state index in [4.69, 9.17) is 21.1 Å². The SMILES string of the molecule is CCc1cccc(C)c1NC(=O)COC(=O)[C@H](C)Oc1ccc(Cl)cc1. The van der Waals surface area contributed by atoms with Crippen molar-refractivity contribution in [2.24, 2.45) is 0 Å². The highest BCUT2D eigenvalue weighted by Gasteiger charge is 2.18. The Morgan fingerprint density at radius 1 is 1.15 bits per heavy atom. The van der Waals surface area contributed by atoms with Crippen LogP contribution in [0.5, 0.6) is 5.75 Å². The highest BCUT2D eigenvalue weighted by Crippen LogP contribution is 2.21. The average Bonchev–Trinajstić information content (AvgIpc) is 2.63. The minimum absolute atomic E-state index is 0.370. The Balaban J connectivity index is 1.86. The van der Waals surface area contributed by atoms with E-state index in [-0.39, 0.29) is 12.5 Å². The van der Waals surface area contributed by atoms with E-state index in [1.54, 1.807) is 31.2 Å². The number of ether oxygens (including phenoxy) is 2. The number of hydrogen-bond donors (Lipinski definition) is 1. The molecule has 2 aromatic carbocycles. The molecule has 0 aliphatic rings. The van der Waals surface area contributed by atoms with Gasteiger partial charge in [0.25, 0.3) is 5.91 Å². The summed E-state index contributed by atoms with van der Waals surface area (Å²) in [4.78, 5) is 24.1. The Morgan fingerprint density at radius 3 is 2.50 bits per heavy atom. The van der Waals surface area contributed by atoms with Crippen molar-refractivity contribution in [2.75, 3.05) is 11.9 Å². The van der Waals surface area contributed by atoms with Crippen LogP contribution in [-0.2, 0) is 20.7 Å². The van der Waals surface area contributed by atoms with E-state index in [9.17, 15) is 9.59 Å². The van der Waals surface area contributed by atoms with Crippen molar-refractivity contribution in [3.8, 4) is 5.75 Å². The molecule has 0 saturated heterocycles. The van der Waals surface area contributed by atoms with Crippen LogP contribution in [0.1, 0.15) is 25.0 Å². The van der Waals surface area contributed by atoms with Crippen molar-refractivity contribution in [1.29, 1.82) is 0 Å². The maximum Gasteiger partial charge on any atom is 0.347 e. The van der Waals surface area contributed by atoms with Gasteiger partial charge in [0, 0.05) is 10.7 Å². The van der Waals surface area contributed by atoms with Crippen molar-refractivity contribution in [3.05, 3.63) is 58.6 Å². The van der Waals surface area contributed by atoms with Crippen LogP contribution in [0.15, 0.2) is 42.5 Å². The second-order valence-corrected chi connectivity index (χ2v) is 6.27. The van der Waals surface area contributed by atoms with Gasteiger partial charge in [0.2, 0.25) is 0 Å². The van der Waals surface area contributed by atoms with Crippen LogP contribution in [0.4, 0.5) is 5.69 Å². The third kappa shape index (κ3) is 5.49. The quantitative estimate of drug-likeness (QED) is 0.738. The van der Waals surface area contributed by atoms with Gasteiger partial charge in [-0.3, -0.25) is 4.79 Å². The van der Waals surface area contributed by atoms with Crippen LogP contribution in [0.3, 0.4) is 0 Å². The first-order valence-electron chi connectivity index (χ1n) is 8.38. The predicted octanol–water partition coefficient (Wildman–Crippen LogP) is 4.16. The predicted molar refractivity (Wildman–Crippen MR) is 102 cm³/mol. The molecule has 1 N–H and O–H groups in total. The van der Waals surface area contributed by atoms with Crippen molar-refractivity contribution < 1.29 is 19.1 Å². The Kier molecular flexibility index (Phi) is 7.04. The number of aryl methyl sites for hydroxylation is 2. The first-order valence-corrected chi connectivity index (χ1v) is 8.75. The highest BCUT2D eigenvalue weighted by atomic mass is 35.5. The molecule has 1 amide bonds. The van der Waals surface area contributed by atoms with Crippen LogP contribution in [0.2, 0.25) is 5.02 Å². The van der Waals surface area contributed by atoms with Gasteiger partial charge >= 0.3 is 5.97 Å². The lowest BCUT2D eigenvalue weighted by atomic mass is 10.1. The maximum atomic E-state index is 12.1. The molecule has 0 radical (unpaired) electrons. The number of carbonyl (C=O) groups is 2. The molecule has 5 nitrogen and oxygen atoms in total. The molecule has 0 spiro atoms. The second-order valence-electron chi connectivity index (χ2n) is 5.83. The van der Waals surface area contributed by atoms with Gasteiger partial charge < -0.3 is 14.8 Å². The molecule has 0 unspecified atom stereocenters. The van der Waals surface area contributed by atoms with Gasteiger partial charge in [0.15, 0.2) is 12.7 Å². The fourth-order valence-corrected chi connectivity index (χ4v) is 2.52. The van der Waals surface area contributed by atoms with Gasteiger partial charge in [-0.2, -0.15) is 0 Å². The molecular weight excluding hydrogens is 354 g/mol. The fraction of sp³-hybridized carbons (Fsp3) is 0.300. The van der Waals surface area contributed by atoms with E-state index >= 15 is 0 Å². The fourth-order valence-electron chi connectivity index (χ4n) is 2.40. The molecule has 2 aromatic rings. The van der Waals surface area contributed by atoms with Crippen molar-refractivity contribution in [3.63, 3.8) is 0 Å². The first-order chi connectivity index (χ1) is 12.4. The number of rotatable bonds is 7. The number of carbonyl (C=O) groups excluding carboxylic acids is 2. The number of hydrogen-bond acceptors (Lipinski definition) is 4. The lowest BCUT2D eigenvalue weighted by Crippen LogP contribution is -2.30. The summed E-state index contributed by atoms with van der Waals surface area (Å²) >= 11 is 5.80. The number of esters is 1. The molecule has 138 valence electrons. The van der Waals surface area contributed by atoms with Crippen LogP contribution >= 0.6 is 11.6 Å². The highest BCUT2D eigenvalue weighted by molar-refractivity contribution is 6.30. The molecular formula is C20H22ClNO4. The minimum atomic E-state index is -0.839. The Morgan fingerprint density at radius 2 is 1.85 bits per heavy atom. The van der Waals surface area contributed by atoms with Crippen LogP contribution < -0.4 is 10.1 Å². The van der Waals surface area contributed by atoms with E-state index in [1.165, 1.54) is 0 Å². The summed E-state index contributed by atoms with van der Waals surface area (Å²) in [6.07, 6.45) is -0.0445. The summed E-state index contributed by atoms with van der Waals surface area (Å²) in [6.45, 7) is 5.12. The van der Waals surface area contributed by atoms with Crippen LogP contribution in [0.25, 0.3) is 0 Å². The van der Waals surface area contributed by atoms with Gasteiger partial charge in [0.1, 0.15) is 5.75 Å². The summed E-state index contributed by atoms with van der Waals surface area (Å²) in [7, 11) is 0. The lowest BCUT2D eigenvalue weighted by Gasteiger charge is -2.15. The molecule has 2 rings (SSSR count). The Labute approximate surface area is 158 Å². The smallest absolute Gasteiger partial charge is 0.347 e. The molecule has 0 aliphatic carbocycles. The largest absolute Gasteiger partial charge is 0.479 e. The van der Waals surface area contributed by atoms with E-state index < -0.39 is 12.1 Å². The zero-order chi connectivity index (χ0) is 19.1. The molecule has 0 saturated carbocycles. The van der Waals surface area contributed by atoms with E-state index in [1.807, 2.05) is 32.0 Å². The first kappa shape index (κ1) is 19.8. The molecule has 0 bridgehead atoms. The average molecular weight is 376 g/mol. The lowest BCUT2D eigenvalue weighted by molar-refractivity contribution is -0.153. The van der Waals surface area contributed by atoms with Crippen molar-refractivity contribution in [1.82, 2.24) is 0 Å². The topological polar surface area (TPSA) is 64.6 Å². The van der Waals surface area contributed by atoms with E-state index in [0.29, 0.717) is 10.8 Å². The summed E-state index contributed by atoms with van der Waals surface area (Å²) < 4.78 is 10.5. The molecule has 0 fully saturated rings. The third-order valence-electron chi connectivity index (χ3n) is 3.81. The van der Waals surface area contributed by atoms with E-state index in [2.05, 4.69) is 5.32 Å². The van der Waals surface area contributed by atoms with Crippen molar-refractivity contribution >= 4 is 29.2 Å². The number of nitrogens with one attached hydrogen (secondary N) is 1. The van der Waals surface area contributed by atoms with Gasteiger partial charge in [0.05, 0.1) is 0 Å². The number of para-hydroxylation sites is 1. The number of amides is 1. The summed E-state index contributed by atoms with van der Waals surface area (Å²) in [6, 6.07) is 12.5. The van der Waals surface area contributed by atoms with Gasteiger partial charge in [-0.05, 0) is 55.7 Å². The van der Waals surface area contributed by atoms with Crippen LogP contribution in [0, 0.1) is 6.92 Å². The Hall–Kier alpha value is -2.53. The molecule has 0 aromatic heterocycles. The summed E-state index contributed by atoms with van der Waals surface area (Å²) in [5.74, 6) is -0.507. The molecule has 1 atom stereocenters. The molecule has 0 heterocycles. The number of halogens is 1. The van der Waals surface area contributed by atoms with Gasteiger partial charge in [-0.1, -0.05) is 36.7 Å². The zero-order valence-corrected chi connectivity index (χ0v) is 15.8. The maximum absolute atomic E-state index is 12.1. The minimum Gasteiger partial charge on any atom is -0.479 e. The third-order valence-corrected chi connectivity index (χ3v) is 4.06. The standard InChI is InChI=1S/C20H22ClNO4/c1-4-15-7-5-6-13(2)19(15)22-18(23)12-25-20(24)14(3)26-17-10-8-16(21)9-11-17/h5-11,14H,4,12H2,1-3H3,(H,22,23)/t14-/m0/s1. The van der Waals surface area contributed by atoms with Crippen LogP contribution in [-0.4, -0.2) is 24.6 Å². The molecule has 26 heavy (non-hydrogen) atoms. The number of benzene rings is 2. The molecule has 6 heteroatoms. The summed E-state index contributed by atoms with van der Waals surface area (Å²) in [5, 5.41) is 3.38. The zero-order valence-electron chi connectivity index (χ0n) is 15.0. The van der Waals surface area contributed by atoms with Gasteiger partial charge in [-0.15, -0.1) is 0 Å². The van der Waals surface area contributed by atoms with Gasteiger partial charge in [-0.25, -0.2) is 4.79 Å². The number of anilines is 1. The van der Waals surface area contributed by atoms with Crippen molar-refractivity contribution in [2.45, 2.75) is 33.3 Å². The molecule has 0 aliphatic heterocycles. The second kappa shape index (κ2) is 9.25. The Bertz CT molecular complexity index is 774. The van der Waals surface area contributed by atoms with E-state index in [0.717, 1.165) is 23.2 Å². The normalized spacial score (nSPS) is 11.5. The summed E-state index contributed by atoms with van der Waals surface area (Å²) in [5.41, 5.74) is 2.76.